The number of sulfonamides is 1. The van der Waals surface area contributed by atoms with Gasteiger partial charge >= 0.3 is 0 Å². The van der Waals surface area contributed by atoms with E-state index in [0.717, 1.165) is 0 Å². The number of hydrogen-bond donors (Lipinski definition) is 1. The van der Waals surface area contributed by atoms with Gasteiger partial charge in [0.15, 0.2) is 12.0 Å². The molecule has 1 heterocycles. The number of carbonyl (C=O) groups is 1. The lowest BCUT2D eigenvalue weighted by atomic mass is 10.2. The lowest BCUT2D eigenvalue weighted by Crippen LogP contribution is -2.12. The number of furan rings is 1. The Hall–Kier alpha value is -3.06. The zero-order valence-electron chi connectivity index (χ0n) is 13.3. The van der Waals surface area contributed by atoms with E-state index in [4.69, 9.17) is 9.15 Å². The molecule has 0 fully saturated rings. The smallest absolute Gasteiger partial charge is 0.261 e. The predicted octanol–water partition coefficient (Wildman–Crippen LogP) is 3.57. The van der Waals surface area contributed by atoms with Crippen LogP contribution in [0, 0.1) is 0 Å². The predicted molar refractivity (Wildman–Crippen MR) is 93.3 cm³/mol. The summed E-state index contributed by atoms with van der Waals surface area (Å²) in [4.78, 5) is 10.8. The molecule has 1 N–H and O–H groups in total. The molecule has 3 rings (SSSR count). The molecule has 0 aliphatic heterocycles. The number of hydrogen-bond acceptors (Lipinski definition) is 5. The van der Waals surface area contributed by atoms with Gasteiger partial charge in [-0.25, -0.2) is 8.42 Å². The first kappa shape index (κ1) is 16.8. The van der Waals surface area contributed by atoms with Crippen LogP contribution >= 0.6 is 0 Å². The van der Waals surface area contributed by atoms with Gasteiger partial charge in [0.05, 0.1) is 12.0 Å². The molecule has 0 atom stereocenters. The Morgan fingerprint density at radius 1 is 0.960 bits per heavy atom. The van der Waals surface area contributed by atoms with Gasteiger partial charge in [-0.15, -0.1) is 0 Å². The number of anilines is 1. The average molecular weight is 357 g/mol. The van der Waals surface area contributed by atoms with Crippen LogP contribution in [0.4, 0.5) is 5.69 Å². The van der Waals surface area contributed by atoms with E-state index in [9.17, 15) is 13.2 Å². The zero-order chi connectivity index (χ0) is 17.9. The molecule has 0 aliphatic rings. The van der Waals surface area contributed by atoms with Gasteiger partial charge in [-0.05, 0) is 60.7 Å². The van der Waals surface area contributed by atoms with E-state index in [1.165, 1.54) is 19.2 Å². The average Bonchev–Trinajstić information content (AvgIpc) is 3.11. The summed E-state index contributed by atoms with van der Waals surface area (Å²) in [5.74, 6) is 1.35. The second kappa shape index (κ2) is 6.82. The lowest BCUT2D eigenvalue weighted by molar-refractivity contribution is 0.110. The monoisotopic (exact) mass is 357 g/mol. The van der Waals surface area contributed by atoms with Gasteiger partial charge in [-0.3, -0.25) is 9.52 Å². The third kappa shape index (κ3) is 3.72. The fourth-order valence-electron chi connectivity index (χ4n) is 2.24. The second-order valence-electron chi connectivity index (χ2n) is 5.18. The molecule has 7 heteroatoms. The van der Waals surface area contributed by atoms with Crippen molar-refractivity contribution in [2.75, 3.05) is 11.8 Å². The molecule has 25 heavy (non-hydrogen) atoms. The molecule has 0 saturated carbocycles. The van der Waals surface area contributed by atoms with Crippen LogP contribution in [0.5, 0.6) is 5.75 Å². The highest BCUT2D eigenvalue weighted by Crippen LogP contribution is 2.24. The number of aldehydes is 1. The summed E-state index contributed by atoms with van der Waals surface area (Å²) in [6.07, 6.45) is 0.612. The van der Waals surface area contributed by atoms with E-state index < -0.39 is 10.0 Å². The fraction of sp³-hybridized carbons (Fsp3) is 0.0556. The van der Waals surface area contributed by atoms with Crippen LogP contribution in [-0.4, -0.2) is 21.8 Å². The highest BCUT2D eigenvalue weighted by atomic mass is 32.2. The quantitative estimate of drug-likeness (QED) is 0.682. The van der Waals surface area contributed by atoms with Crippen molar-refractivity contribution < 1.29 is 22.4 Å². The van der Waals surface area contributed by atoms with Crippen molar-refractivity contribution in [3.8, 4) is 17.1 Å². The molecule has 2 aromatic carbocycles. The van der Waals surface area contributed by atoms with Gasteiger partial charge < -0.3 is 9.15 Å². The molecule has 0 spiro atoms. The molecule has 3 aromatic rings. The van der Waals surface area contributed by atoms with Crippen molar-refractivity contribution in [2.24, 2.45) is 0 Å². The molecule has 0 radical (unpaired) electrons. The maximum Gasteiger partial charge on any atom is 0.261 e. The Kier molecular flexibility index (Phi) is 4.58. The first-order chi connectivity index (χ1) is 12.0. The molecular formula is C18H15NO5S. The van der Waals surface area contributed by atoms with E-state index in [-0.39, 0.29) is 10.7 Å². The molecule has 1 aromatic heterocycles. The Balaban J connectivity index is 1.80. The van der Waals surface area contributed by atoms with E-state index in [2.05, 4.69) is 4.72 Å². The van der Waals surface area contributed by atoms with E-state index in [1.54, 1.807) is 48.5 Å². The summed E-state index contributed by atoms with van der Waals surface area (Å²) in [7, 11) is -2.17. The van der Waals surface area contributed by atoms with E-state index in [1.807, 2.05) is 0 Å². The Morgan fingerprint density at radius 2 is 1.64 bits per heavy atom. The van der Waals surface area contributed by atoms with Gasteiger partial charge in [0, 0.05) is 11.3 Å². The summed E-state index contributed by atoms with van der Waals surface area (Å²) in [5.41, 5.74) is 1.11. The van der Waals surface area contributed by atoms with E-state index >= 15 is 0 Å². The molecule has 0 unspecified atom stereocenters. The third-order valence-corrected chi connectivity index (χ3v) is 4.93. The second-order valence-corrected chi connectivity index (χ2v) is 6.86. The largest absolute Gasteiger partial charge is 0.497 e. The minimum absolute atomic E-state index is 0.120. The van der Waals surface area contributed by atoms with Crippen LogP contribution in [0.2, 0.25) is 0 Å². The molecule has 0 amide bonds. The molecule has 0 bridgehead atoms. The molecule has 0 saturated heterocycles. The Bertz CT molecular complexity index is 973. The van der Waals surface area contributed by atoms with Crippen molar-refractivity contribution in [1.82, 2.24) is 0 Å². The zero-order valence-corrected chi connectivity index (χ0v) is 14.1. The van der Waals surface area contributed by atoms with Crippen LogP contribution < -0.4 is 9.46 Å². The normalized spacial score (nSPS) is 11.1. The summed E-state index contributed by atoms with van der Waals surface area (Å²) in [5, 5.41) is 0. The third-order valence-electron chi connectivity index (χ3n) is 3.53. The van der Waals surface area contributed by atoms with Gasteiger partial charge in [0.1, 0.15) is 11.5 Å². The number of methoxy groups -OCH3 is 1. The molecule has 128 valence electrons. The molecular weight excluding hydrogens is 342 g/mol. The van der Waals surface area contributed by atoms with Crippen LogP contribution in [0.25, 0.3) is 11.3 Å². The summed E-state index contributed by atoms with van der Waals surface area (Å²) >= 11 is 0. The van der Waals surface area contributed by atoms with Crippen molar-refractivity contribution in [3.63, 3.8) is 0 Å². The topological polar surface area (TPSA) is 85.6 Å². The SMILES string of the molecule is COc1ccc(NS(=O)(=O)c2ccc(-c3ccc(C=O)o3)cc2)cc1. The van der Waals surface area contributed by atoms with Crippen LogP contribution in [-0.2, 0) is 10.0 Å². The van der Waals surface area contributed by atoms with Crippen molar-refractivity contribution in [1.29, 1.82) is 0 Å². The highest BCUT2D eigenvalue weighted by Gasteiger charge is 2.15. The number of rotatable bonds is 6. The summed E-state index contributed by atoms with van der Waals surface area (Å²) in [6.45, 7) is 0. The fourth-order valence-corrected chi connectivity index (χ4v) is 3.30. The minimum atomic E-state index is -3.71. The minimum Gasteiger partial charge on any atom is -0.497 e. The van der Waals surface area contributed by atoms with Gasteiger partial charge in [0.2, 0.25) is 0 Å². The summed E-state index contributed by atoms with van der Waals surface area (Å²) in [6, 6.07) is 16.0. The first-order valence-corrected chi connectivity index (χ1v) is 8.82. The van der Waals surface area contributed by atoms with E-state index in [0.29, 0.717) is 29.0 Å². The number of nitrogens with one attached hydrogen (secondary N) is 1. The number of carbonyl (C=O) groups excluding carboxylic acids is 1. The van der Waals surface area contributed by atoms with Crippen LogP contribution in [0.15, 0.2) is 70.0 Å². The van der Waals surface area contributed by atoms with Crippen molar-refractivity contribution in [2.45, 2.75) is 4.90 Å². The summed E-state index contributed by atoms with van der Waals surface area (Å²) < 4.78 is 37.7. The van der Waals surface area contributed by atoms with Gasteiger partial charge in [-0.2, -0.15) is 0 Å². The Morgan fingerprint density at radius 3 is 2.20 bits per heavy atom. The molecule has 6 nitrogen and oxygen atoms in total. The Labute approximate surface area is 145 Å². The van der Waals surface area contributed by atoms with Crippen LogP contribution in [0.1, 0.15) is 10.6 Å². The lowest BCUT2D eigenvalue weighted by Gasteiger charge is -2.09. The van der Waals surface area contributed by atoms with Gasteiger partial charge in [-0.1, -0.05) is 0 Å². The van der Waals surface area contributed by atoms with Crippen LogP contribution in [0.3, 0.4) is 0 Å². The van der Waals surface area contributed by atoms with Crippen molar-refractivity contribution >= 4 is 22.0 Å². The maximum absolute atomic E-state index is 12.4. The maximum atomic E-state index is 12.4. The number of benzene rings is 2. The highest BCUT2D eigenvalue weighted by molar-refractivity contribution is 7.92. The molecule has 0 aliphatic carbocycles. The number of ether oxygens (including phenoxy) is 1. The first-order valence-electron chi connectivity index (χ1n) is 7.34. The van der Waals surface area contributed by atoms with Gasteiger partial charge in [0.25, 0.3) is 10.0 Å². The van der Waals surface area contributed by atoms with Crippen molar-refractivity contribution in [3.05, 3.63) is 66.4 Å². The standard InChI is InChI=1S/C18H15NO5S/c1-23-15-6-4-14(5-7-15)19-25(21,22)17-9-2-13(3-10-17)18-11-8-16(12-20)24-18/h2-12,19H,1H3.